The molecule has 2 nitrogen and oxygen atoms in total. The standard InChI is InChI=1S/C10H12O2.ClH.Hf/c1-2-9(10(11)12)8-6-4-3-5-7-8;;/h3-7,9H,2H2,1H3,(H,11,12);1H;/q;;+2/p-2. The van der Waals surface area contributed by atoms with E-state index in [1.165, 1.54) is 0 Å². The molecule has 0 aliphatic heterocycles. The Morgan fingerprint density at radius 2 is 1.86 bits per heavy atom. The van der Waals surface area contributed by atoms with E-state index in [1.54, 1.807) is 0 Å². The molecule has 0 aliphatic rings. The van der Waals surface area contributed by atoms with Crippen LogP contribution in [0.15, 0.2) is 30.3 Å². The number of carboxylic acid groups (broad SMARTS) is 1. The van der Waals surface area contributed by atoms with Crippen LogP contribution in [0, 0.1) is 0 Å². The van der Waals surface area contributed by atoms with E-state index in [0.717, 1.165) is 5.56 Å². The second-order valence-corrected chi connectivity index (χ2v) is 2.69. The molecular formula is C10H11ClHfO2. The predicted molar refractivity (Wildman–Crippen MR) is 44.5 cm³/mol. The summed E-state index contributed by atoms with van der Waals surface area (Å²) in [5.74, 6) is -1.46. The van der Waals surface area contributed by atoms with Crippen molar-refractivity contribution in [1.82, 2.24) is 0 Å². The van der Waals surface area contributed by atoms with Crippen LogP contribution in [-0.4, -0.2) is 5.97 Å². The summed E-state index contributed by atoms with van der Waals surface area (Å²) in [6.45, 7) is 1.84. The van der Waals surface area contributed by atoms with Crippen molar-refractivity contribution in [3.05, 3.63) is 35.9 Å². The van der Waals surface area contributed by atoms with E-state index < -0.39 is 11.9 Å². The van der Waals surface area contributed by atoms with Gasteiger partial charge < -0.3 is 22.3 Å². The van der Waals surface area contributed by atoms with Gasteiger partial charge in [-0.25, -0.2) is 0 Å². The van der Waals surface area contributed by atoms with E-state index in [4.69, 9.17) is 0 Å². The molecule has 0 bridgehead atoms. The zero-order valence-electron chi connectivity index (χ0n) is 7.87. The SMILES string of the molecule is CCC(C(=O)[O-])c1ccccc1.[Cl-].[Hf+2]. The molecule has 0 aliphatic carbocycles. The molecule has 74 valence electrons. The largest absolute Gasteiger partial charge is 2.00 e. The van der Waals surface area contributed by atoms with Crippen LogP contribution in [0.2, 0.25) is 0 Å². The second kappa shape index (κ2) is 8.18. The van der Waals surface area contributed by atoms with Crippen molar-refractivity contribution in [2.45, 2.75) is 19.3 Å². The van der Waals surface area contributed by atoms with Gasteiger partial charge >= 0.3 is 25.8 Å². The zero-order chi connectivity index (χ0) is 8.97. The fourth-order valence-electron chi connectivity index (χ4n) is 1.22. The third-order valence-electron chi connectivity index (χ3n) is 1.89. The van der Waals surface area contributed by atoms with Crippen LogP contribution in [0.1, 0.15) is 24.8 Å². The number of rotatable bonds is 3. The van der Waals surface area contributed by atoms with Gasteiger partial charge in [0.05, 0.1) is 0 Å². The molecule has 0 aromatic heterocycles. The smallest absolute Gasteiger partial charge is 1.00 e. The summed E-state index contributed by atoms with van der Waals surface area (Å²) < 4.78 is 0. The molecule has 14 heavy (non-hydrogen) atoms. The van der Waals surface area contributed by atoms with E-state index in [2.05, 4.69) is 0 Å². The number of carbonyl (C=O) groups excluding carboxylic acids is 1. The van der Waals surface area contributed by atoms with Crippen molar-refractivity contribution in [3.8, 4) is 0 Å². The number of halogens is 1. The van der Waals surface area contributed by atoms with Crippen molar-refractivity contribution in [2.75, 3.05) is 0 Å². The van der Waals surface area contributed by atoms with Crippen molar-refractivity contribution in [2.24, 2.45) is 0 Å². The van der Waals surface area contributed by atoms with E-state index >= 15 is 0 Å². The topological polar surface area (TPSA) is 40.1 Å². The summed E-state index contributed by atoms with van der Waals surface area (Å²) in [5.41, 5.74) is 0.819. The molecule has 0 spiro atoms. The minimum atomic E-state index is -0.997. The number of hydrogen-bond acceptors (Lipinski definition) is 2. The quantitative estimate of drug-likeness (QED) is 0.569. The molecule has 0 radical (unpaired) electrons. The van der Waals surface area contributed by atoms with Gasteiger partial charge in [-0.1, -0.05) is 37.3 Å². The molecule has 1 unspecified atom stereocenters. The van der Waals surface area contributed by atoms with Gasteiger partial charge in [0.2, 0.25) is 0 Å². The summed E-state index contributed by atoms with van der Waals surface area (Å²) in [6, 6.07) is 9.15. The Hall–Kier alpha value is -0.150. The van der Waals surface area contributed by atoms with Gasteiger partial charge in [0.1, 0.15) is 0 Å². The Morgan fingerprint density at radius 1 is 1.36 bits per heavy atom. The molecule has 0 fully saturated rings. The van der Waals surface area contributed by atoms with Gasteiger partial charge in [0.25, 0.3) is 0 Å². The molecule has 0 saturated carbocycles. The minimum absolute atomic E-state index is 0. The Morgan fingerprint density at radius 3 is 2.21 bits per heavy atom. The Balaban J connectivity index is 0. The summed E-state index contributed by atoms with van der Waals surface area (Å²) >= 11 is 0. The Bertz CT molecular complexity index is 264. The zero-order valence-corrected chi connectivity index (χ0v) is 12.2. The second-order valence-electron chi connectivity index (χ2n) is 2.69. The number of carboxylic acids is 1. The molecule has 1 rings (SSSR count). The predicted octanol–water partition coefficient (Wildman–Crippen LogP) is -2.07. The maximum absolute atomic E-state index is 10.6. The molecule has 0 heterocycles. The van der Waals surface area contributed by atoms with Gasteiger partial charge in [0, 0.05) is 11.9 Å². The number of benzene rings is 1. The fraction of sp³-hybridized carbons (Fsp3) is 0.300. The van der Waals surface area contributed by atoms with Crippen molar-refractivity contribution >= 4 is 5.97 Å². The first-order valence-electron chi connectivity index (χ1n) is 4.01. The van der Waals surface area contributed by atoms with Crippen molar-refractivity contribution < 1.29 is 48.2 Å². The minimum Gasteiger partial charge on any atom is -1.00 e. The number of aliphatic carboxylic acids is 1. The van der Waals surface area contributed by atoms with Crippen LogP contribution in [0.3, 0.4) is 0 Å². The maximum Gasteiger partial charge on any atom is 2.00 e. The van der Waals surface area contributed by atoms with Crippen LogP contribution in [0.4, 0.5) is 0 Å². The molecule has 0 N–H and O–H groups in total. The average molecular weight is 377 g/mol. The first-order chi connectivity index (χ1) is 5.75. The van der Waals surface area contributed by atoms with Gasteiger partial charge in [-0.15, -0.1) is 0 Å². The Labute approximate surface area is 109 Å². The summed E-state index contributed by atoms with van der Waals surface area (Å²) in [6.07, 6.45) is 0.576. The van der Waals surface area contributed by atoms with E-state index in [0.29, 0.717) is 6.42 Å². The van der Waals surface area contributed by atoms with Crippen LogP contribution in [0.25, 0.3) is 0 Å². The first kappa shape index (κ1) is 16.3. The van der Waals surface area contributed by atoms with Crippen LogP contribution >= 0.6 is 0 Å². The number of carbonyl (C=O) groups is 1. The van der Waals surface area contributed by atoms with Gasteiger partial charge in [0.15, 0.2) is 0 Å². The van der Waals surface area contributed by atoms with Crippen molar-refractivity contribution in [1.29, 1.82) is 0 Å². The fourth-order valence-corrected chi connectivity index (χ4v) is 1.22. The normalized spacial score (nSPS) is 10.6. The van der Waals surface area contributed by atoms with E-state index in [1.807, 2.05) is 37.3 Å². The molecule has 1 aromatic rings. The average Bonchev–Trinajstić information content (AvgIpc) is 2.07. The molecular weight excluding hydrogens is 366 g/mol. The third kappa shape index (κ3) is 4.38. The monoisotopic (exact) mass is 378 g/mol. The summed E-state index contributed by atoms with van der Waals surface area (Å²) in [5, 5.41) is 10.6. The van der Waals surface area contributed by atoms with Crippen LogP contribution in [0.5, 0.6) is 0 Å². The van der Waals surface area contributed by atoms with Gasteiger partial charge in [-0.05, 0) is 12.0 Å². The molecule has 4 heteroatoms. The third-order valence-corrected chi connectivity index (χ3v) is 1.89. The van der Waals surface area contributed by atoms with Gasteiger partial charge in [-0.3, -0.25) is 0 Å². The molecule has 1 atom stereocenters. The van der Waals surface area contributed by atoms with Gasteiger partial charge in [-0.2, -0.15) is 0 Å². The molecule has 0 saturated heterocycles. The van der Waals surface area contributed by atoms with Crippen LogP contribution < -0.4 is 17.5 Å². The molecule has 1 aromatic carbocycles. The maximum atomic E-state index is 10.6. The van der Waals surface area contributed by atoms with Crippen LogP contribution in [-0.2, 0) is 30.6 Å². The summed E-state index contributed by atoms with van der Waals surface area (Å²) in [4.78, 5) is 10.6. The van der Waals surface area contributed by atoms with E-state index in [-0.39, 0.29) is 38.3 Å². The van der Waals surface area contributed by atoms with E-state index in [9.17, 15) is 9.90 Å². The van der Waals surface area contributed by atoms with Crippen molar-refractivity contribution in [3.63, 3.8) is 0 Å². The Kier molecular flexibility index (Phi) is 9.52. The number of hydrogen-bond donors (Lipinski definition) is 0. The molecule has 0 amide bonds. The first-order valence-corrected chi connectivity index (χ1v) is 4.01. The summed E-state index contributed by atoms with van der Waals surface area (Å²) in [7, 11) is 0.